The Bertz CT molecular complexity index is 829. The first-order valence-electron chi connectivity index (χ1n) is 6.91. The van der Waals surface area contributed by atoms with Gasteiger partial charge in [-0.3, -0.25) is 13.9 Å². The highest BCUT2D eigenvalue weighted by molar-refractivity contribution is 5.88. The number of carbonyl (C=O) groups is 1. The molecule has 1 amide bonds. The van der Waals surface area contributed by atoms with Crippen molar-refractivity contribution in [3.05, 3.63) is 20.8 Å². The van der Waals surface area contributed by atoms with Gasteiger partial charge in [0.25, 0.3) is 5.56 Å². The zero-order valence-electron chi connectivity index (χ0n) is 13.2. The Labute approximate surface area is 126 Å². The predicted octanol–water partition coefficient (Wildman–Crippen LogP) is 0.332. The smallest absolute Gasteiger partial charge is 0.416 e. The van der Waals surface area contributed by atoms with Crippen LogP contribution in [0.1, 0.15) is 20.8 Å². The number of rotatable bonds is 3. The molecule has 9 heteroatoms. The molecule has 0 saturated heterocycles. The molecule has 0 bridgehead atoms. The molecule has 120 valence electrons. The number of imidazole rings is 1. The normalized spacial score (nSPS) is 11.2. The molecule has 0 aromatic carbocycles. The molecule has 0 aliphatic heterocycles. The molecule has 1 N–H and O–H groups in total. The number of hydrogen-bond acceptors (Lipinski definition) is 5. The number of carbonyl (C=O) groups excluding carboxylic acids is 1. The van der Waals surface area contributed by atoms with Gasteiger partial charge in [-0.25, -0.2) is 14.5 Å². The fourth-order valence-corrected chi connectivity index (χ4v) is 2.16. The summed E-state index contributed by atoms with van der Waals surface area (Å²) in [6.07, 6.45) is -0.571. The Hall–Kier alpha value is -2.58. The molecule has 22 heavy (non-hydrogen) atoms. The minimum atomic E-state index is -0.571. The summed E-state index contributed by atoms with van der Waals surface area (Å²) >= 11 is 0. The first kappa shape index (κ1) is 15.8. The van der Waals surface area contributed by atoms with Crippen LogP contribution in [0.5, 0.6) is 0 Å². The van der Waals surface area contributed by atoms with E-state index in [1.54, 1.807) is 20.8 Å². The lowest BCUT2D eigenvalue weighted by Crippen LogP contribution is -2.38. The van der Waals surface area contributed by atoms with Crippen molar-refractivity contribution in [1.29, 1.82) is 0 Å². The molecular formula is C13H19N5O4. The van der Waals surface area contributed by atoms with E-state index in [0.29, 0.717) is 0 Å². The molecule has 2 rings (SSSR count). The second kappa shape index (κ2) is 5.66. The van der Waals surface area contributed by atoms with Crippen molar-refractivity contribution in [2.24, 2.45) is 14.1 Å². The molecule has 2 aromatic heterocycles. The first-order valence-corrected chi connectivity index (χ1v) is 6.91. The Morgan fingerprint density at radius 1 is 1.32 bits per heavy atom. The number of anilines is 1. The minimum absolute atomic E-state index is 0.162. The number of amides is 1. The number of aryl methyl sites for hydroxylation is 1. The van der Waals surface area contributed by atoms with Crippen LogP contribution in [0.3, 0.4) is 0 Å². The van der Waals surface area contributed by atoms with Crippen molar-refractivity contribution in [2.75, 3.05) is 11.5 Å². The lowest BCUT2D eigenvalue weighted by atomic mass is 10.3. The molecule has 0 radical (unpaired) electrons. The van der Waals surface area contributed by atoms with Gasteiger partial charge in [0.1, 0.15) is 0 Å². The van der Waals surface area contributed by atoms with E-state index in [9.17, 15) is 14.4 Å². The van der Waals surface area contributed by atoms with Crippen molar-refractivity contribution in [3.63, 3.8) is 0 Å². The van der Waals surface area contributed by atoms with Gasteiger partial charge >= 0.3 is 11.8 Å². The van der Waals surface area contributed by atoms with Gasteiger partial charge in [-0.2, -0.15) is 4.98 Å². The Balaban J connectivity index is 2.69. The van der Waals surface area contributed by atoms with Crippen LogP contribution in [0, 0.1) is 0 Å². The average Bonchev–Trinajstić information content (AvgIpc) is 2.87. The van der Waals surface area contributed by atoms with Gasteiger partial charge in [0, 0.05) is 20.1 Å². The van der Waals surface area contributed by atoms with Crippen LogP contribution in [0.25, 0.3) is 11.2 Å². The molecule has 0 atom stereocenters. The average molecular weight is 309 g/mol. The number of nitrogens with one attached hydrogen (secondary N) is 1. The van der Waals surface area contributed by atoms with Crippen LogP contribution in [0.2, 0.25) is 0 Å². The summed E-state index contributed by atoms with van der Waals surface area (Å²) in [6, 6.07) is -0.236. The van der Waals surface area contributed by atoms with Crippen LogP contribution < -0.4 is 16.1 Å². The quantitative estimate of drug-likeness (QED) is 0.880. The van der Waals surface area contributed by atoms with Crippen LogP contribution in [0.4, 0.5) is 10.7 Å². The van der Waals surface area contributed by atoms with E-state index in [1.807, 2.05) is 0 Å². The Kier molecular flexibility index (Phi) is 4.07. The van der Waals surface area contributed by atoms with E-state index < -0.39 is 17.3 Å². The molecule has 0 aliphatic rings. The van der Waals surface area contributed by atoms with Gasteiger partial charge in [-0.1, -0.05) is 0 Å². The summed E-state index contributed by atoms with van der Waals surface area (Å²) in [7, 11) is 2.90. The fourth-order valence-electron chi connectivity index (χ4n) is 2.16. The van der Waals surface area contributed by atoms with Crippen molar-refractivity contribution >= 4 is 23.2 Å². The van der Waals surface area contributed by atoms with Gasteiger partial charge in [-0.05, 0) is 20.8 Å². The second-order valence-electron chi connectivity index (χ2n) is 5.13. The van der Waals surface area contributed by atoms with Crippen LogP contribution in [-0.2, 0) is 18.8 Å². The Morgan fingerprint density at radius 2 is 1.95 bits per heavy atom. The number of nitrogens with zero attached hydrogens (tertiary/aromatic N) is 4. The number of H-pyrrole nitrogens is 1. The van der Waals surface area contributed by atoms with E-state index in [4.69, 9.17) is 4.74 Å². The van der Waals surface area contributed by atoms with Gasteiger partial charge in [0.2, 0.25) is 5.95 Å². The van der Waals surface area contributed by atoms with E-state index in [1.165, 1.54) is 23.6 Å². The third kappa shape index (κ3) is 2.38. The summed E-state index contributed by atoms with van der Waals surface area (Å²) in [4.78, 5) is 44.5. The molecule has 0 unspecified atom stereocenters. The maximum absolute atomic E-state index is 12.1. The van der Waals surface area contributed by atoms with E-state index >= 15 is 0 Å². The van der Waals surface area contributed by atoms with E-state index in [2.05, 4.69) is 9.97 Å². The number of fused-ring (bicyclic) bond motifs is 1. The Morgan fingerprint density at radius 3 is 2.50 bits per heavy atom. The SMILES string of the molecule is CCOC(=O)N(c1nc2c([nH]1)c(=O)n(C)c(=O)n2C)C(C)C. The predicted molar refractivity (Wildman–Crippen MR) is 81.2 cm³/mol. The third-order valence-corrected chi connectivity index (χ3v) is 3.29. The van der Waals surface area contributed by atoms with Crippen molar-refractivity contribution in [1.82, 2.24) is 19.1 Å². The van der Waals surface area contributed by atoms with Gasteiger partial charge in [0.05, 0.1) is 6.61 Å². The van der Waals surface area contributed by atoms with Gasteiger partial charge < -0.3 is 9.72 Å². The monoisotopic (exact) mass is 309 g/mol. The number of aromatic amines is 1. The van der Waals surface area contributed by atoms with Gasteiger partial charge in [-0.15, -0.1) is 0 Å². The molecule has 0 saturated carbocycles. The van der Waals surface area contributed by atoms with Crippen molar-refractivity contribution in [2.45, 2.75) is 26.8 Å². The molecule has 9 nitrogen and oxygen atoms in total. The molecule has 2 heterocycles. The zero-order valence-corrected chi connectivity index (χ0v) is 13.2. The van der Waals surface area contributed by atoms with Gasteiger partial charge in [0.15, 0.2) is 11.2 Å². The zero-order chi connectivity index (χ0) is 16.6. The fraction of sp³-hybridized carbons (Fsp3) is 0.538. The van der Waals surface area contributed by atoms with E-state index in [0.717, 1.165) is 4.57 Å². The standard InChI is InChI=1S/C13H19N5O4/c1-6-22-13(21)18(7(2)3)11-14-8-9(15-11)16(4)12(20)17(5)10(8)19/h7H,6H2,1-5H3,(H,14,15). The maximum atomic E-state index is 12.1. The summed E-state index contributed by atoms with van der Waals surface area (Å²) in [5.41, 5.74) is -0.625. The largest absolute Gasteiger partial charge is 0.449 e. The van der Waals surface area contributed by atoms with Crippen molar-refractivity contribution < 1.29 is 9.53 Å². The summed E-state index contributed by atoms with van der Waals surface area (Å²) in [6.45, 7) is 5.51. The highest BCUT2D eigenvalue weighted by Crippen LogP contribution is 2.17. The molecule has 2 aromatic rings. The van der Waals surface area contributed by atoms with Crippen LogP contribution in [0.15, 0.2) is 9.59 Å². The number of aromatic nitrogens is 4. The number of ether oxygens (including phenoxy) is 1. The second-order valence-corrected chi connectivity index (χ2v) is 5.13. The number of hydrogen-bond donors (Lipinski definition) is 1. The first-order chi connectivity index (χ1) is 10.3. The molecule has 0 fully saturated rings. The third-order valence-electron chi connectivity index (χ3n) is 3.29. The summed E-state index contributed by atoms with van der Waals surface area (Å²) in [5, 5.41) is 0. The minimum Gasteiger partial charge on any atom is -0.449 e. The summed E-state index contributed by atoms with van der Waals surface area (Å²) < 4.78 is 7.23. The molecular weight excluding hydrogens is 290 g/mol. The lowest BCUT2D eigenvalue weighted by molar-refractivity contribution is 0.157. The topological polar surface area (TPSA) is 102 Å². The van der Waals surface area contributed by atoms with Crippen LogP contribution >= 0.6 is 0 Å². The maximum Gasteiger partial charge on any atom is 0.416 e. The lowest BCUT2D eigenvalue weighted by Gasteiger charge is -2.22. The highest BCUT2D eigenvalue weighted by atomic mass is 16.6. The summed E-state index contributed by atoms with van der Waals surface area (Å²) in [5.74, 6) is 0.168. The molecule has 0 spiro atoms. The molecule has 0 aliphatic carbocycles. The highest BCUT2D eigenvalue weighted by Gasteiger charge is 2.25. The van der Waals surface area contributed by atoms with Crippen molar-refractivity contribution in [3.8, 4) is 0 Å². The van der Waals surface area contributed by atoms with Crippen LogP contribution in [-0.4, -0.2) is 37.8 Å². The van der Waals surface area contributed by atoms with E-state index in [-0.39, 0.29) is 29.8 Å².